The van der Waals surface area contributed by atoms with E-state index in [-0.39, 0.29) is 17.8 Å². The second kappa shape index (κ2) is 6.85. The van der Waals surface area contributed by atoms with Crippen molar-refractivity contribution in [3.8, 4) is 11.8 Å². The number of hydrogen-bond acceptors (Lipinski definition) is 4. The summed E-state index contributed by atoms with van der Waals surface area (Å²) in [5.41, 5.74) is 0.716. The van der Waals surface area contributed by atoms with Crippen molar-refractivity contribution < 1.29 is 9.53 Å². The molecule has 1 aromatic heterocycles. The van der Waals surface area contributed by atoms with Gasteiger partial charge in [-0.3, -0.25) is 4.79 Å². The topological polar surface area (TPSA) is 64.1 Å². The average Bonchev–Trinajstić information content (AvgIpc) is 2.57. The molecule has 0 spiro atoms. The third-order valence-electron chi connectivity index (χ3n) is 3.49. The summed E-state index contributed by atoms with van der Waals surface area (Å²) < 4.78 is 5.56. The minimum Gasteiger partial charge on any atom is -0.424 e. The van der Waals surface area contributed by atoms with Crippen LogP contribution in [-0.4, -0.2) is 15.9 Å². The van der Waals surface area contributed by atoms with Crippen molar-refractivity contribution in [2.45, 2.75) is 19.3 Å². The van der Waals surface area contributed by atoms with Crippen LogP contribution in [0.15, 0.2) is 54.9 Å². The molecule has 1 aromatic carbocycles. The van der Waals surface area contributed by atoms with E-state index in [0.717, 1.165) is 19.3 Å². The average molecular weight is 295 g/mol. The summed E-state index contributed by atoms with van der Waals surface area (Å²) in [5, 5.41) is 2.94. The van der Waals surface area contributed by atoms with E-state index in [2.05, 4.69) is 27.4 Å². The molecule has 1 N–H and O–H groups in total. The Labute approximate surface area is 129 Å². The van der Waals surface area contributed by atoms with Crippen LogP contribution in [0.2, 0.25) is 0 Å². The van der Waals surface area contributed by atoms with E-state index in [0.29, 0.717) is 11.4 Å². The van der Waals surface area contributed by atoms with Crippen LogP contribution in [0.1, 0.15) is 19.3 Å². The number of carbonyl (C=O) groups excluding carboxylic acids is 1. The molecule has 22 heavy (non-hydrogen) atoms. The molecule has 1 aliphatic carbocycles. The molecule has 112 valence electrons. The molecule has 0 saturated carbocycles. The first-order valence-electron chi connectivity index (χ1n) is 7.32. The summed E-state index contributed by atoms with van der Waals surface area (Å²) in [7, 11) is 0. The Kier molecular flexibility index (Phi) is 4.44. The smallest absolute Gasteiger partial charge is 0.321 e. The first kappa shape index (κ1) is 14.3. The predicted molar refractivity (Wildman–Crippen MR) is 83.7 cm³/mol. The zero-order valence-corrected chi connectivity index (χ0v) is 12.1. The first-order chi connectivity index (χ1) is 10.8. The zero-order chi connectivity index (χ0) is 15.2. The van der Waals surface area contributed by atoms with E-state index >= 15 is 0 Å². The minimum atomic E-state index is 0.0482. The number of allylic oxidation sites excluding steroid dienone is 2. The molecule has 1 atom stereocenters. The third-order valence-corrected chi connectivity index (χ3v) is 3.49. The highest BCUT2D eigenvalue weighted by molar-refractivity contribution is 5.92. The summed E-state index contributed by atoms with van der Waals surface area (Å²) >= 11 is 0. The Hall–Kier alpha value is -2.69. The number of nitrogens with zero attached hydrogens (tertiary/aromatic N) is 2. The van der Waals surface area contributed by atoms with Crippen molar-refractivity contribution in [2.75, 3.05) is 5.32 Å². The quantitative estimate of drug-likeness (QED) is 0.876. The summed E-state index contributed by atoms with van der Waals surface area (Å²) in [4.78, 5) is 20.2. The summed E-state index contributed by atoms with van der Waals surface area (Å²) in [6.45, 7) is 0. The van der Waals surface area contributed by atoms with Gasteiger partial charge in [0.2, 0.25) is 5.91 Å². The maximum absolute atomic E-state index is 12.2. The van der Waals surface area contributed by atoms with Gasteiger partial charge in [-0.05, 0) is 37.5 Å². The molecule has 5 nitrogen and oxygen atoms in total. The largest absolute Gasteiger partial charge is 0.424 e. The number of carbonyl (C=O) groups is 1. The highest BCUT2D eigenvalue weighted by Gasteiger charge is 2.18. The van der Waals surface area contributed by atoms with E-state index in [1.807, 2.05) is 12.1 Å². The number of anilines is 1. The number of benzene rings is 1. The maximum atomic E-state index is 12.2. The lowest BCUT2D eigenvalue weighted by Gasteiger charge is -2.17. The van der Waals surface area contributed by atoms with Gasteiger partial charge in [0.15, 0.2) is 0 Å². The van der Waals surface area contributed by atoms with Gasteiger partial charge >= 0.3 is 6.01 Å². The predicted octanol–water partition coefficient (Wildman–Crippen LogP) is 3.56. The Morgan fingerprint density at radius 3 is 2.82 bits per heavy atom. The standard InChI is InChI=1S/C17H17N3O2/c21-16(13-6-2-1-3-7-13)20-14-8-4-9-15(12-14)22-17-18-10-5-11-19-17/h1-2,4-5,8-13H,3,6-7H2,(H,20,21)/t13-/m1/s1. The van der Waals surface area contributed by atoms with Crippen LogP contribution < -0.4 is 10.1 Å². The molecule has 0 bridgehead atoms. The highest BCUT2D eigenvalue weighted by Crippen LogP contribution is 2.24. The van der Waals surface area contributed by atoms with Crippen molar-refractivity contribution in [1.82, 2.24) is 9.97 Å². The monoisotopic (exact) mass is 295 g/mol. The molecule has 2 aromatic rings. The fraction of sp³-hybridized carbons (Fsp3) is 0.235. The number of rotatable bonds is 4. The van der Waals surface area contributed by atoms with Gasteiger partial charge in [-0.1, -0.05) is 18.2 Å². The molecule has 0 aliphatic heterocycles. The van der Waals surface area contributed by atoms with Gasteiger partial charge in [0.1, 0.15) is 5.75 Å². The lowest BCUT2D eigenvalue weighted by molar-refractivity contribution is -0.120. The van der Waals surface area contributed by atoms with Crippen LogP contribution in [0, 0.1) is 5.92 Å². The zero-order valence-electron chi connectivity index (χ0n) is 12.1. The number of ether oxygens (including phenoxy) is 1. The number of hydrogen-bond donors (Lipinski definition) is 1. The SMILES string of the molecule is O=C(Nc1cccc(Oc2ncccn2)c1)[C@@H]1CC=CCC1. The number of amides is 1. The molecule has 1 heterocycles. The van der Waals surface area contributed by atoms with Crippen LogP contribution in [0.5, 0.6) is 11.8 Å². The van der Waals surface area contributed by atoms with Gasteiger partial charge in [0.25, 0.3) is 0 Å². The van der Waals surface area contributed by atoms with Gasteiger partial charge in [-0.25, -0.2) is 9.97 Å². The Morgan fingerprint density at radius 1 is 1.18 bits per heavy atom. The van der Waals surface area contributed by atoms with Gasteiger partial charge < -0.3 is 10.1 Å². The lowest BCUT2D eigenvalue weighted by atomic mass is 9.93. The molecule has 0 radical (unpaired) electrons. The van der Waals surface area contributed by atoms with Crippen LogP contribution in [-0.2, 0) is 4.79 Å². The van der Waals surface area contributed by atoms with E-state index in [4.69, 9.17) is 4.74 Å². The molecular formula is C17H17N3O2. The lowest BCUT2D eigenvalue weighted by Crippen LogP contribution is -2.23. The van der Waals surface area contributed by atoms with Gasteiger partial charge in [0.05, 0.1) is 0 Å². The van der Waals surface area contributed by atoms with Crippen LogP contribution >= 0.6 is 0 Å². The summed E-state index contributed by atoms with van der Waals surface area (Å²) in [5.74, 6) is 0.692. The van der Waals surface area contributed by atoms with Crippen molar-refractivity contribution in [3.05, 3.63) is 54.9 Å². The Balaban J connectivity index is 1.66. The minimum absolute atomic E-state index is 0.0482. The van der Waals surface area contributed by atoms with Crippen molar-refractivity contribution >= 4 is 11.6 Å². The summed E-state index contributed by atoms with van der Waals surface area (Å²) in [6.07, 6.45) is 10.1. The van der Waals surface area contributed by atoms with Crippen molar-refractivity contribution in [2.24, 2.45) is 5.92 Å². The molecule has 1 amide bonds. The summed E-state index contributed by atoms with van der Waals surface area (Å²) in [6, 6.07) is 9.25. The third kappa shape index (κ3) is 3.69. The van der Waals surface area contributed by atoms with E-state index < -0.39 is 0 Å². The van der Waals surface area contributed by atoms with Crippen LogP contribution in [0.3, 0.4) is 0 Å². The first-order valence-corrected chi connectivity index (χ1v) is 7.32. The van der Waals surface area contributed by atoms with Gasteiger partial charge in [-0.2, -0.15) is 0 Å². The fourth-order valence-electron chi connectivity index (χ4n) is 2.36. The normalized spacial score (nSPS) is 17.0. The molecule has 3 rings (SSSR count). The highest BCUT2D eigenvalue weighted by atomic mass is 16.5. The van der Waals surface area contributed by atoms with E-state index in [9.17, 15) is 4.79 Å². The number of nitrogens with one attached hydrogen (secondary N) is 1. The molecule has 1 aliphatic rings. The maximum Gasteiger partial charge on any atom is 0.321 e. The molecule has 0 saturated heterocycles. The van der Waals surface area contributed by atoms with Crippen LogP contribution in [0.25, 0.3) is 0 Å². The Morgan fingerprint density at radius 2 is 2.05 bits per heavy atom. The van der Waals surface area contributed by atoms with Crippen LogP contribution in [0.4, 0.5) is 5.69 Å². The second-order valence-corrected chi connectivity index (χ2v) is 5.13. The van der Waals surface area contributed by atoms with Crippen molar-refractivity contribution in [1.29, 1.82) is 0 Å². The van der Waals surface area contributed by atoms with E-state index in [1.165, 1.54) is 0 Å². The molecule has 0 fully saturated rings. The Bertz CT molecular complexity index is 671. The molecular weight excluding hydrogens is 278 g/mol. The van der Waals surface area contributed by atoms with Gasteiger partial charge in [-0.15, -0.1) is 0 Å². The van der Waals surface area contributed by atoms with Crippen molar-refractivity contribution in [3.63, 3.8) is 0 Å². The second-order valence-electron chi connectivity index (χ2n) is 5.13. The van der Waals surface area contributed by atoms with E-state index in [1.54, 1.807) is 30.6 Å². The molecule has 5 heteroatoms. The molecule has 0 unspecified atom stereocenters. The van der Waals surface area contributed by atoms with Gasteiger partial charge in [0, 0.05) is 30.1 Å². The number of aromatic nitrogens is 2. The fourth-order valence-corrected chi connectivity index (χ4v) is 2.36.